The van der Waals surface area contributed by atoms with Crippen molar-refractivity contribution in [3.05, 3.63) is 64.1 Å². The minimum absolute atomic E-state index is 0.179. The van der Waals surface area contributed by atoms with E-state index in [4.69, 9.17) is 16.4 Å². The Morgan fingerprint density at radius 2 is 1.82 bits per heavy atom. The number of thiocarbonyl (C=S) groups is 1. The van der Waals surface area contributed by atoms with Crippen LogP contribution in [0.4, 0.5) is 0 Å². The molecule has 1 unspecified atom stereocenters. The van der Waals surface area contributed by atoms with Crippen molar-refractivity contribution in [2.75, 3.05) is 7.05 Å². The van der Waals surface area contributed by atoms with Gasteiger partial charge in [0.15, 0.2) is 10.7 Å². The fraction of sp³-hybridized carbons (Fsp3) is 0.263. The van der Waals surface area contributed by atoms with E-state index in [0.29, 0.717) is 29.1 Å². The zero-order valence-corrected chi connectivity index (χ0v) is 18.1. The Hall–Kier alpha value is -1.97. The lowest BCUT2D eigenvalue weighted by Crippen LogP contribution is -2.45. The molecule has 1 heterocycles. The Bertz CT molecular complexity index is 1080. The van der Waals surface area contributed by atoms with Gasteiger partial charge in [0.1, 0.15) is 5.75 Å². The molecule has 1 saturated carbocycles. The SMILES string of the molecule is CN1C(=S)NC(=O)C1(c1cccc(Br)c1)c1cccc(OS(=O)(=O)C2CC2)c1. The number of rotatable bonds is 5. The van der Waals surface area contributed by atoms with Gasteiger partial charge in [0.2, 0.25) is 0 Å². The molecular formula is C19H17BrN2O4S2. The molecule has 1 saturated heterocycles. The monoisotopic (exact) mass is 480 g/mol. The van der Waals surface area contributed by atoms with E-state index in [2.05, 4.69) is 21.2 Å². The number of nitrogens with zero attached hydrogens (tertiary/aromatic N) is 1. The van der Waals surface area contributed by atoms with Gasteiger partial charge in [-0.05, 0) is 60.5 Å². The lowest BCUT2D eigenvalue weighted by atomic mass is 9.81. The molecule has 6 nitrogen and oxygen atoms in total. The van der Waals surface area contributed by atoms with E-state index < -0.39 is 20.9 Å². The van der Waals surface area contributed by atoms with Crippen LogP contribution in [-0.4, -0.2) is 36.6 Å². The van der Waals surface area contributed by atoms with E-state index in [1.54, 1.807) is 36.2 Å². The summed E-state index contributed by atoms with van der Waals surface area (Å²) in [6, 6.07) is 14.0. The predicted octanol–water partition coefficient (Wildman–Crippen LogP) is 2.91. The molecule has 4 rings (SSSR count). The predicted molar refractivity (Wildman–Crippen MR) is 112 cm³/mol. The second-order valence-electron chi connectivity index (χ2n) is 6.84. The second-order valence-corrected chi connectivity index (χ2v) is 9.96. The number of halogens is 1. The normalized spacial score (nSPS) is 22.3. The number of likely N-dealkylation sites (N-methyl/N-ethyl adjacent to an activating group) is 1. The maximum atomic E-state index is 13.1. The van der Waals surface area contributed by atoms with Crippen LogP contribution in [-0.2, 0) is 20.5 Å². The Balaban J connectivity index is 1.86. The lowest BCUT2D eigenvalue weighted by Gasteiger charge is -2.35. The maximum Gasteiger partial charge on any atom is 0.312 e. The highest BCUT2D eigenvalue weighted by atomic mass is 79.9. The summed E-state index contributed by atoms with van der Waals surface area (Å²) in [4.78, 5) is 14.8. The Morgan fingerprint density at radius 3 is 2.39 bits per heavy atom. The number of hydrogen-bond acceptors (Lipinski definition) is 5. The van der Waals surface area contributed by atoms with Gasteiger partial charge < -0.3 is 14.4 Å². The molecule has 1 aliphatic carbocycles. The van der Waals surface area contributed by atoms with E-state index in [1.165, 1.54) is 0 Å². The van der Waals surface area contributed by atoms with E-state index in [1.807, 2.05) is 24.3 Å². The summed E-state index contributed by atoms with van der Waals surface area (Å²) in [5, 5.41) is 2.56. The Morgan fingerprint density at radius 1 is 1.18 bits per heavy atom. The number of amides is 1. The fourth-order valence-electron chi connectivity index (χ4n) is 3.44. The molecule has 2 aromatic carbocycles. The van der Waals surface area contributed by atoms with Crippen molar-refractivity contribution < 1.29 is 17.4 Å². The van der Waals surface area contributed by atoms with Gasteiger partial charge in [-0.25, -0.2) is 0 Å². The van der Waals surface area contributed by atoms with Gasteiger partial charge in [0, 0.05) is 11.5 Å². The second kappa shape index (κ2) is 6.82. The number of hydrogen-bond donors (Lipinski definition) is 1. The largest absolute Gasteiger partial charge is 0.382 e. The van der Waals surface area contributed by atoms with Gasteiger partial charge in [0.05, 0.1) is 5.25 Å². The van der Waals surface area contributed by atoms with Crippen LogP contribution in [0.15, 0.2) is 53.0 Å². The molecule has 146 valence electrons. The summed E-state index contributed by atoms with van der Waals surface area (Å²) < 4.78 is 30.6. The van der Waals surface area contributed by atoms with Crippen LogP contribution < -0.4 is 9.50 Å². The minimum Gasteiger partial charge on any atom is -0.382 e. The summed E-state index contributed by atoms with van der Waals surface area (Å²) in [5.41, 5.74) is 0.0294. The van der Waals surface area contributed by atoms with Crippen LogP contribution in [0.1, 0.15) is 24.0 Å². The highest BCUT2D eigenvalue weighted by Crippen LogP contribution is 2.41. The van der Waals surface area contributed by atoms with Crippen LogP contribution >= 0.6 is 28.1 Å². The molecule has 0 radical (unpaired) electrons. The number of carbonyl (C=O) groups excluding carboxylic acids is 1. The average molecular weight is 481 g/mol. The summed E-state index contributed by atoms with van der Waals surface area (Å²) in [6.07, 6.45) is 1.23. The molecule has 1 N–H and O–H groups in total. The maximum absolute atomic E-state index is 13.1. The standard InChI is InChI=1S/C19H17BrN2O4S2/c1-22-18(27)21-17(23)19(22,12-4-2-6-14(20)10-12)13-5-3-7-15(11-13)26-28(24,25)16-8-9-16/h2-7,10-11,16H,8-9H2,1H3,(H,21,23,27). The van der Waals surface area contributed by atoms with Crippen molar-refractivity contribution in [2.45, 2.75) is 23.6 Å². The minimum atomic E-state index is -3.66. The molecule has 9 heteroatoms. The van der Waals surface area contributed by atoms with E-state index >= 15 is 0 Å². The van der Waals surface area contributed by atoms with Crippen LogP contribution in [0.3, 0.4) is 0 Å². The van der Waals surface area contributed by atoms with E-state index in [0.717, 1.165) is 4.47 Å². The number of carbonyl (C=O) groups is 1. The van der Waals surface area contributed by atoms with Crippen molar-refractivity contribution in [2.24, 2.45) is 0 Å². The topological polar surface area (TPSA) is 75.7 Å². The third-order valence-electron chi connectivity index (χ3n) is 5.00. The van der Waals surface area contributed by atoms with E-state index in [-0.39, 0.29) is 11.7 Å². The Labute approximate surface area is 177 Å². The molecule has 2 aromatic rings. The molecule has 2 fully saturated rings. The van der Waals surface area contributed by atoms with Crippen LogP contribution in [0, 0.1) is 0 Å². The zero-order chi connectivity index (χ0) is 20.1. The van der Waals surface area contributed by atoms with Crippen molar-refractivity contribution in [1.82, 2.24) is 10.2 Å². The number of nitrogens with one attached hydrogen (secondary N) is 1. The average Bonchev–Trinajstić information content (AvgIpc) is 3.45. The van der Waals surface area contributed by atoms with Gasteiger partial charge in [-0.15, -0.1) is 0 Å². The summed E-state index contributed by atoms with van der Waals surface area (Å²) in [7, 11) is -1.93. The van der Waals surface area contributed by atoms with Gasteiger partial charge in [-0.1, -0.05) is 40.2 Å². The highest BCUT2D eigenvalue weighted by molar-refractivity contribution is 9.10. The van der Waals surface area contributed by atoms with Crippen LogP contribution in [0.5, 0.6) is 5.75 Å². The van der Waals surface area contributed by atoms with Gasteiger partial charge >= 0.3 is 10.1 Å². The molecule has 1 atom stereocenters. The molecule has 0 aromatic heterocycles. The molecule has 2 aliphatic rings. The first-order valence-corrected chi connectivity index (χ1v) is 11.3. The molecular weight excluding hydrogens is 464 g/mol. The lowest BCUT2D eigenvalue weighted by molar-refractivity contribution is -0.124. The molecule has 1 aliphatic heterocycles. The van der Waals surface area contributed by atoms with Gasteiger partial charge in [-0.2, -0.15) is 8.42 Å². The van der Waals surface area contributed by atoms with Crippen LogP contribution in [0.25, 0.3) is 0 Å². The summed E-state index contributed by atoms with van der Waals surface area (Å²) in [6.45, 7) is 0. The molecule has 28 heavy (non-hydrogen) atoms. The number of benzene rings is 2. The third-order valence-corrected chi connectivity index (χ3v) is 7.58. The molecule has 0 bridgehead atoms. The smallest absolute Gasteiger partial charge is 0.312 e. The van der Waals surface area contributed by atoms with Gasteiger partial charge in [-0.3, -0.25) is 4.79 Å². The van der Waals surface area contributed by atoms with Crippen molar-refractivity contribution in [3.8, 4) is 5.75 Å². The zero-order valence-electron chi connectivity index (χ0n) is 14.9. The van der Waals surface area contributed by atoms with Crippen LogP contribution in [0.2, 0.25) is 0 Å². The van der Waals surface area contributed by atoms with E-state index in [9.17, 15) is 13.2 Å². The first kappa shape index (κ1) is 19.4. The fourth-order valence-corrected chi connectivity index (χ4v) is 5.29. The summed E-state index contributed by atoms with van der Waals surface area (Å²) >= 11 is 8.77. The van der Waals surface area contributed by atoms with Gasteiger partial charge in [0.25, 0.3) is 5.91 Å². The van der Waals surface area contributed by atoms with Crippen molar-refractivity contribution in [1.29, 1.82) is 0 Å². The van der Waals surface area contributed by atoms with Crippen molar-refractivity contribution >= 4 is 49.3 Å². The molecule has 0 spiro atoms. The quantitative estimate of drug-likeness (QED) is 0.523. The molecule has 1 amide bonds. The Kier molecular flexibility index (Phi) is 4.71. The van der Waals surface area contributed by atoms with Crippen molar-refractivity contribution in [3.63, 3.8) is 0 Å². The first-order chi connectivity index (χ1) is 13.2. The first-order valence-electron chi connectivity index (χ1n) is 8.64. The summed E-state index contributed by atoms with van der Waals surface area (Å²) in [5.74, 6) is -0.127. The third kappa shape index (κ3) is 3.11. The highest BCUT2D eigenvalue weighted by Gasteiger charge is 2.52.